The lowest BCUT2D eigenvalue weighted by molar-refractivity contribution is -0.387. The summed E-state index contributed by atoms with van der Waals surface area (Å²) in [6, 6.07) is 12.5. The molecule has 4 nitrogen and oxygen atoms in total. The summed E-state index contributed by atoms with van der Waals surface area (Å²) < 4.78 is 13.9. The highest BCUT2D eigenvalue weighted by Crippen LogP contribution is 2.34. The maximum atomic E-state index is 13.9. The van der Waals surface area contributed by atoms with E-state index in [9.17, 15) is 14.5 Å². The maximum absolute atomic E-state index is 13.9. The second kappa shape index (κ2) is 5.61. The van der Waals surface area contributed by atoms with Crippen molar-refractivity contribution in [2.45, 2.75) is 18.9 Å². The Labute approximate surface area is 121 Å². The number of nitro benzene ring substituents is 1. The van der Waals surface area contributed by atoms with E-state index in [1.807, 2.05) is 12.1 Å². The fourth-order valence-corrected chi connectivity index (χ4v) is 2.77. The van der Waals surface area contributed by atoms with Crippen LogP contribution in [0.3, 0.4) is 0 Å². The minimum atomic E-state index is -0.746. The average Bonchev–Trinajstić information content (AvgIpc) is 2.45. The molecule has 0 bridgehead atoms. The van der Waals surface area contributed by atoms with E-state index in [2.05, 4.69) is 17.4 Å². The van der Waals surface area contributed by atoms with Crippen molar-refractivity contribution in [3.8, 4) is 0 Å². The Balaban J connectivity index is 1.60. The van der Waals surface area contributed by atoms with Crippen LogP contribution in [0.1, 0.15) is 22.6 Å². The molecule has 0 saturated heterocycles. The first-order chi connectivity index (χ1) is 10.2. The van der Waals surface area contributed by atoms with Gasteiger partial charge in [0.25, 0.3) is 0 Å². The van der Waals surface area contributed by atoms with Gasteiger partial charge in [0, 0.05) is 30.6 Å². The van der Waals surface area contributed by atoms with Gasteiger partial charge in [-0.1, -0.05) is 36.4 Å². The van der Waals surface area contributed by atoms with Crippen molar-refractivity contribution in [2.75, 3.05) is 6.54 Å². The molecule has 2 aromatic rings. The number of halogens is 1. The normalized spacial score (nSPS) is 16.1. The van der Waals surface area contributed by atoms with Crippen LogP contribution in [0.15, 0.2) is 42.5 Å². The fraction of sp³-hybridized carbons (Fsp3) is 0.250. The SMILES string of the molecule is O=[N+]([O-])c1cccc(CNCC2Cc3ccccc32)c1F. The van der Waals surface area contributed by atoms with E-state index >= 15 is 0 Å². The number of nitro groups is 1. The van der Waals surface area contributed by atoms with Crippen molar-refractivity contribution in [1.82, 2.24) is 5.32 Å². The molecule has 1 atom stereocenters. The van der Waals surface area contributed by atoms with E-state index in [0.717, 1.165) is 13.0 Å². The molecule has 3 rings (SSSR count). The highest BCUT2D eigenvalue weighted by atomic mass is 19.1. The molecule has 0 fully saturated rings. The Kier molecular flexibility index (Phi) is 3.66. The molecule has 1 aliphatic carbocycles. The monoisotopic (exact) mass is 286 g/mol. The minimum absolute atomic E-state index is 0.298. The highest BCUT2D eigenvalue weighted by Gasteiger charge is 2.25. The highest BCUT2D eigenvalue weighted by molar-refractivity contribution is 5.40. The van der Waals surface area contributed by atoms with Gasteiger partial charge in [0.1, 0.15) is 0 Å². The quantitative estimate of drug-likeness (QED) is 0.678. The number of rotatable bonds is 5. The summed E-state index contributed by atoms with van der Waals surface area (Å²) in [5.74, 6) is -0.299. The van der Waals surface area contributed by atoms with E-state index in [1.165, 1.54) is 23.3 Å². The van der Waals surface area contributed by atoms with Crippen molar-refractivity contribution in [3.63, 3.8) is 0 Å². The lowest BCUT2D eigenvalue weighted by Crippen LogP contribution is -2.29. The lowest BCUT2D eigenvalue weighted by atomic mass is 9.77. The van der Waals surface area contributed by atoms with Gasteiger partial charge in [0.05, 0.1) is 4.92 Å². The van der Waals surface area contributed by atoms with Crippen LogP contribution in [-0.2, 0) is 13.0 Å². The van der Waals surface area contributed by atoms with E-state index < -0.39 is 16.4 Å². The topological polar surface area (TPSA) is 55.2 Å². The van der Waals surface area contributed by atoms with Gasteiger partial charge >= 0.3 is 5.69 Å². The van der Waals surface area contributed by atoms with Crippen LogP contribution in [-0.4, -0.2) is 11.5 Å². The van der Waals surface area contributed by atoms with Crippen LogP contribution in [0, 0.1) is 15.9 Å². The molecule has 108 valence electrons. The molecular formula is C16H15FN2O2. The predicted octanol–water partition coefficient (Wildman–Crippen LogP) is 3.16. The van der Waals surface area contributed by atoms with Crippen molar-refractivity contribution in [1.29, 1.82) is 0 Å². The molecule has 0 aliphatic heterocycles. The largest absolute Gasteiger partial charge is 0.312 e. The van der Waals surface area contributed by atoms with Crippen LogP contribution in [0.2, 0.25) is 0 Å². The molecule has 0 heterocycles. The van der Waals surface area contributed by atoms with Gasteiger partial charge in [0.2, 0.25) is 5.82 Å². The number of hydrogen-bond donors (Lipinski definition) is 1. The summed E-state index contributed by atoms with van der Waals surface area (Å²) in [4.78, 5) is 10.0. The third-order valence-electron chi connectivity index (χ3n) is 3.92. The molecule has 0 saturated carbocycles. The van der Waals surface area contributed by atoms with Crippen LogP contribution >= 0.6 is 0 Å². The molecule has 1 unspecified atom stereocenters. The molecular weight excluding hydrogens is 271 g/mol. The Morgan fingerprint density at radius 2 is 2.05 bits per heavy atom. The number of nitrogens with one attached hydrogen (secondary N) is 1. The molecule has 1 N–H and O–H groups in total. The summed E-state index contributed by atoms with van der Waals surface area (Å²) in [5.41, 5.74) is 2.57. The second-order valence-corrected chi connectivity index (χ2v) is 5.24. The molecule has 1 aliphatic rings. The first-order valence-electron chi connectivity index (χ1n) is 6.87. The first kappa shape index (κ1) is 13.7. The van der Waals surface area contributed by atoms with Crippen molar-refractivity contribution in [3.05, 3.63) is 75.1 Å². The Hall–Kier alpha value is -2.27. The van der Waals surface area contributed by atoms with Crippen LogP contribution in [0.25, 0.3) is 0 Å². The minimum Gasteiger partial charge on any atom is -0.312 e. The zero-order valence-corrected chi connectivity index (χ0v) is 11.4. The van der Waals surface area contributed by atoms with Crippen LogP contribution in [0.5, 0.6) is 0 Å². The van der Waals surface area contributed by atoms with Gasteiger partial charge in [-0.3, -0.25) is 10.1 Å². The fourth-order valence-electron chi connectivity index (χ4n) is 2.77. The van der Waals surface area contributed by atoms with Gasteiger partial charge in [-0.15, -0.1) is 0 Å². The van der Waals surface area contributed by atoms with E-state index in [0.29, 0.717) is 18.0 Å². The van der Waals surface area contributed by atoms with Gasteiger partial charge < -0.3 is 5.32 Å². The number of nitrogens with zero attached hydrogens (tertiary/aromatic N) is 1. The zero-order chi connectivity index (χ0) is 14.8. The van der Waals surface area contributed by atoms with Crippen molar-refractivity contribution >= 4 is 5.69 Å². The summed E-state index contributed by atoms with van der Waals surface area (Å²) in [7, 11) is 0. The zero-order valence-electron chi connectivity index (χ0n) is 11.4. The van der Waals surface area contributed by atoms with Gasteiger partial charge in [-0.05, 0) is 17.5 Å². The van der Waals surface area contributed by atoms with E-state index in [1.54, 1.807) is 6.07 Å². The number of benzene rings is 2. The molecule has 0 amide bonds. The average molecular weight is 286 g/mol. The first-order valence-corrected chi connectivity index (χ1v) is 6.87. The third kappa shape index (κ3) is 2.64. The summed E-state index contributed by atoms with van der Waals surface area (Å²) in [6.45, 7) is 1.05. The van der Waals surface area contributed by atoms with Gasteiger partial charge in [-0.2, -0.15) is 4.39 Å². The smallest absolute Gasteiger partial charge is 0.305 e. The molecule has 21 heavy (non-hydrogen) atoms. The number of fused-ring (bicyclic) bond motifs is 1. The third-order valence-corrected chi connectivity index (χ3v) is 3.92. The van der Waals surface area contributed by atoms with Gasteiger partial charge in [0.15, 0.2) is 0 Å². The van der Waals surface area contributed by atoms with Crippen molar-refractivity contribution in [2.24, 2.45) is 0 Å². The molecule has 0 spiro atoms. The Bertz CT molecular complexity index is 688. The summed E-state index contributed by atoms with van der Waals surface area (Å²) in [6.07, 6.45) is 1.03. The Morgan fingerprint density at radius 1 is 1.24 bits per heavy atom. The van der Waals surface area contributed by atoms with E-state index in [-0.39, 0.29) is 0 Å². The van der Waals surface area contributed by atoms with Gasteiger partial charge in [-0.25, -0.2) is 0 Å². The van der Waals surface area contributed by atoms with E-state index in [4.69, 9.17) is 0 Å². The van der Waals surface area contributed by atoms with Crippen LogP contribution in [0.4, 0.5) is 10.1 Å². The Morgan fingerprint density at radius 3 is 2.81 bits per heavy atom. The molecule has 0 radical (unpaired) electrons. The predicted molar refractivity (Wildman–Crippen MR) is 77.6 cm³/mol. The number of hydrogen-bond acceptors (Lipinski definition) is 3. The maximum Gasteiger partial charge on any atom is 0.305 e. The standard InChI is InChI=1S/C16H15FN2O2/c17-16-12(5-3-7-15(16)19(20)21)9-18-10-13-8-11-4-1-2-6-14(11)13/h1-7,13,18H,8-10H2. The second-order valence-electron chi connectivity index (χ2n) is 5.24. The van der Waals surface area contributed by atoms with Crippen LogP contribution < -0.4 is 5.32 Å². The summed E-state index contributed by atoms with van der Waals surface area (Å²) >= 11 is 0. The lowest BCUT2D eigenvalue weighted by Gasteiger charge is -2.30. The van der Waals surface area contributed by atoms with Crippen molar-refractivity contribution < 1.29 is 9.31 Å². The molecule has 5 heteroatoms. The molecule has 2 aromatic carbocycles. The summed E-state index contributed by atoms with van der Waals surface area (Å²) in [5, 5.41) is 13.9. The molecule has 0 aromatic heterocycles.